The Balaban J connectivity index is 1.19. The zero-order chi connectivity index (χ0) is 51.3. The highest BCUT2D eigenvalue weighted by Gasteiger charge is 2.29. The van der Waals surface area contributed by atoms with Gasteiger partial charge < -0.3 is 4.57 Å². The molecule has 9 aromatic carbocycles. The monoisotopic (exact) mass is 969 g/mol. The minimum Gasteiger partial charge on any atom is -0.308 e. The van der Waals surface area contributed by atoms with Crippen LogP contribution in [0.3, 0.4) is 0 Å². The molecule has 0 amide bonds. The van der Waals surface area contributed by atoms with E-state index in [0.717, 1.165) is 83.1 Å². The molecule has 0 aliphatic carbocycles. The zero-order valence-electron chi connectivity index (χ0n) is 43.0. The summed E-state index contributed by atoms with van der Waals surface area (Å²) in [4.78, 5) is 31.3. The fourth-order valence-corrected chi connectivity index (χ4v) is 10.1. The molecular formula is C68H55N7. The molecule has 3 aromatic heterocycles. The quantitative estimate of drug-likeness (QED) is 0.143. The maximum Gasteiger partial charge on any atom is 0.164 e. The van der Waals surface area contributed by atoms with E-state index in [2.05, 4.69) is 198 Å². The first kappa shape index (κ1) is 46.8. The van der Waals surface area contributed by atoms with Crippen LogP contribution in [0.2, 0.25) is 0 Å². The van der Waals surface area contributed by atoms with E-state index in [4.69, 9.17) is 29.9 Å². The van der Waals surface area contributed by atoms with Crippen molar-refractivity contribution in [2.24, 2.45) is 0 Å². The predicted octanol–water partition coefficient (Wildman–Crippen LogP) is 17.1. The third-order valence-corrected chi connectivity index (χ3v) is 14.0. The van der Waals surface area contributed by atoms with E-state index in [9.17, 15) is 0 Å². The molecule has 7 heteroatoms. The minimum absolute atomic E-state index is 0.212. The molecule has 362 valence electrons. The summed E-state index contributed by atoms with van der Waals surface area (Å²) >= 11 is 0. The third-order valence-electron chi connectivity index (χ3n) is 14.0. The second-order valence-electron chi connectivity index (χ2n) is 21.2. The molecule has 0 saturated heterocycles. The summed E-state index contributed by atoms with van der Waals surface area (Å²) in [6.45, 7) is 13.8. The van der Waals surface area contributed by atoms with Gasteiger partial charge in [0.15, 0.2) is 34.9 Å². The summed E-state index contributed by atoms with van der Waals surface area (Å²) in [6.07, 6.45) is 0. The van der Waals surface area contributed by atoms with Crippen molar-refractivity contribution in [3.63, 3.8) is 0 Å². The number of rotatable bonds is 9. The van der Waals surface area contributed by atoms with Crippen LogP contribution >= 0.6 is 0 Å². The highest BCUT2D eigenvalue weighted by atomic mass is 15.0. The number of para-hydroxylation sites is 1. The van der Waals surface area contributed by atoms with Crippen molar-refractivity contribution in [3.05, 3.63) is 236 Å². The third kappa shape index (κ3) is 8.97. The first-order chi connectivity index (χ1) is 36.5. The van der Waals surface area contributed by atoms with Gasteiger partial charge in [-0.3, -0.25) is 0 Å². The summed E-state index contributed by atoms with van der Waals surface area (Å²) in [5.41, 5.74) is 14.9. The first-order valence-corrected chi connectivity index (χ1v) is 25.6. The van der Waals surface area contributed by atoms with E-state index >= 15 is 0 Å². The van der Waals surface area contributed by atoms with E-state index in [0.29, 0.717) is 34.9 Å². The molecule has 12 rings (SSSR count). The number of nitrogens with zero attached hydrogens (tertiary/aromatic N) is 7. The van der Waals surface area contributed by atoms with Gasteiger partial charge in [-0.1, -0.05) is 230 Å². The summed E-state index contributed by atoms with van der Waals surface area (Å²) < 4.78 is 2.48. The summed E-state index contributed by atoms with van der Waals surface area (Å²) in [5.74, 6) is 3.66. The van der Waals surface area contributed by atoms with E-state index < -0.39 is 0 Å². The van der Waals surface area contributed by atoms with Gasteiger partial charge >= 0.3 is 0 Å². The van der Waals surface area contributed by atoms with Gasteiger partial charge in [0.05, 0.1) is 11.0 Å². The lowest BCUT2D eigenvalue weighted by atomic mass is 9.82. The fourth-order valence-electron chi connectivity index (χ4n) is 10.1. The van der Waals surface area contributed by atoms with Crippen molar-refractivity contribution in [2.45, 2.75) is 52.4 Å². The molecule has 3 heterocycles. The van der Waals surface area contributed by atoms with Crippen molar-refractivity contribution < 1.29 is 0 Å². The highest BCUT2D eigenvalue weighted by molar-refractivity contribution is 6.19. The molecule has 0 saturated carbocycles. The molecule has 0 aliphatic rings. The lowest BCUT2D eigenvalue weighted by Crippen LogP contribution is -2.11. The minimum atomic E-state index is -0.212. The van der Waals surface area contributed by atoms with Gasteiger partial charge in [0, 0.05) is 61.0 Å². The normalized spacial score (nSPS) is 11.9. The van der Waals surface area contributed by atoms with Crippen LogP contribution in [-0.4, -0.2) is 34.5 Å². The molecule has 0 unspecified atom stereocenters. The molecule has 0 bridgehead atoms. The average Bonchev–Trinajstić information content (AvgIpc) is 3.87. The van der Waals surface area contributed by atoms with E-state index in [1.54, 1.807) is 0 Å². The Morgan fingerprint density at radius 1 is 0.267 bits per heavy atom. The Bertz CT molecular complexity index is 3680. The highest BCUT2D eigenvalue weighted by Crippen LogP contribution is 2.48. The number of hydrogen-bond donors (Lipinski definition) is 0. The number of fused-ring (bicyclic) bond motifs is 3. The van der Waals surface area contributed by atoms with Crippen molar-refractivity contribution in [3.8, 4) is 96.3 Å². The first-order valence-electron chi connectivity index (χ1n) is 25.6. The van der Waals surface area contributed by atoms with Crippen LogP contribution in [-0.2, 0) is 10.8 Å². The van der Waals surface area contributed by atoms with Gasteiger partial charge in [0.2, 0.25) is 0 Å². The van der Waals surface area contributed by atoms with Gasteiger partial charge in [-0.25, -0.2) is 29.9 Å². The molecule has 0 aliphatic heterocycles. The molecular weight excluding hydrogens is 915 g/mol. The summed E-state index contributed by atoms with van der Waals surface area (Å²) in [6, 6.07) is 78.3. The Morgan fingerprint density at radius 3 is 0.840 bits per heavy atom. The Kier molecular flexibility index (Phi) is 11.9. The Hall–Kier alpha value is -9.20. The number of benzene rings is 9. The van der Waals surface area contributed by atoms with Gasteiger partial charge in [-0.2, -0.15) is 0 Å². The smallest absolute Gasteiger partial charge is 0.164 e. The average molecular weight is 970 g/mol. The van der Waals surface area contributed by atoms with Crippen LogP contribution in [0.25, 0.3) is 118 Å². The Labute approximate surface area is 438 Å². The van der Waals surface area contributed by atoms with Gasteiger partial charge in [0.1, 0.15) is 0 Å². The molecule has 12 aromatic rings. The van der Waals surface area contributed by atoms with Crippen molar-refractivity contribution in [2.75, 3.05) is 0 Å². The molecule has 75 heavy (non-hydrogen) atoms. The second kappa shape index (κ2) is 19.0. The lowest BCUT2D eigenvalue weighted by molar-refractivity contribution is 0.590. The van der Waals surface area contributed by atoms with Crippen molar-refractivity contribution in [1.29, 1.82) is 0 Å². The summed E-state index contributed by atoms with van der Waals surface area (Å²) in [5, 5.41) is 2.30. The number of aromatic nitrogens is 7. The molecule has 0 spiro atoms. The van der Waals surface area contributed by atoms with E-state index in [1.165, 1.54) is 11.1 Å². The maximum absolute atomic E-state index is 5.30. The molecule has 0 N–H and O–H groups in total. The lowest BCUT2D eigenvalue weighted by Gasteiger charge is -2.22. The van der Waals surface area contributed by atoms with Crippen LogP contribution in [0.5, 0.6) is 0 Å². The van der Waals surface area contributed by atoms with Gasteiger partial charge in [0.25, 0.3) is 0 Å². The van der Waals surface area contributed by atoms with Crippen molar-refractivity contribution >= 4 is 21.8 Å². The standard InChI is InChI=1S/C68H55N7/c1-67(2,3)48-40-55(51-36-22-24-38-53(51)65-71-61(44-26-12-7-13-27-44)69-62(72-65)45-28-14-8-15-29-45)59-57(42-48)58-43-49(68(4,5)6)41-56(60(58)75(59)50-34-20-11-21-35-50)52-37-23-25-39-54(52)66-73-63(46-30-16-9-17-31-46)70-64(74-66)47-32-18-10-19-33-47/h7-43H,1-6H3. The topological polar surface area (TPSA) is 82.3 Å². The fraction of sp³-hybridized carbons (Fsp3) is 0.118. The zero-order valence-corrected chi connectivity index (χ0v) is 43.0. The Morgan fingerprint density at radius 2 is 0.533 bits per heavy atom. The van der Waals surface area contributed by atoms with Crippen LogP contribution in [0.1, 0.15) is 52.7 Å². The predicted molar refractivity (Wildman–Crippen MR) is 308 cm³/mol. The second-order valence-corrected chi connectivity index (χ2v) is 21.2. The molecule has 7 nitrogen and oxygen atoms in total. The number of hydrogen-bond acceptors (Lipinski definition) is 6. The van der Waals surface area contributed by atoms with Crippen LogP contribution in [0.15, 0.2) is 224 Å². The van der Waals surface area contributed by atoms with Gasteiger partial charge in [-0.15, -0.1) is 0 Å². The van der Waals surface area contributed by atoms with E-state index in [1.807, 2.05) is 72.8 Å². The van der Waals surface area contributed by atoms with Crippen LogP contribution < -0.4 is 0 Å². The van der Waals surface area contributed by atoms with Crippen LogP contribution in [0.4, 0.5) is 0 Å². The van der Waals surface area contributed by atoms with E-state index in [-0.39, 0.29) is 10.8 Å². The molecule has 0 atom stereocenters. The SMILES string of the molecule is CC(C)(C)c1cc(-c2ccccc2-c2nc(-c3ccccc3)nc(-c3ccccc3)n2)c2c(c1)c1cc(C(C)(C)C)cc(-c3ccccc3-c3nc(-c4ccccc4)nc(-c4ccccc4)n3)c1n2-c1ccccc1. The van der Waals surface area contributed by atoms with Crippen molar-refractivity contribution in [1.82, 2.24) is 34.5 Å². The summed E-state index contributed by atoms with van der Waals surface area (Å²) in [7, 11) is 0. The maximum atomic E-state index is 5.30. The van der Waals surface area contributed by atoms with Crippen LogP contribution in [0, 0.1) is 0 Å². The van der Waals surface area contributed by atoms with Gasteiger partial charge in [-0.05, 0) is 69.5 Å². The molecule has 0 radical (unpaired) electrons. The largest absolute Gasteiger partial charge is 0.308 e. The molecule has 0 fully saturated rings.